The molecule has 1 unspecified atom stereocenters. The van der Waals surface area contributed by atoms with Gasteiger partial charge in [-0.25, -0.2) is 0 Å². The first-order chi connectivity index (χ1) is 16.6. The summed E-state index contributed by atoms with van der Waals surface area (Å²) < 4.78 is 7.67. The second kappa shape index (κ2) is 11.5. The zero-order chi connectivity index (χ0) is 23.9. The third-order valence-corrected chi connectivity index (χ3v) is 7.18. The third kappa shape index (κ3) is 5.62. The fourth-order valence-electron chi connectivity index (χ4n) is 4.50. The molecule has 1 N–H and O–H groups in total. The van der Waals surface area contributed by atoms with E-state index in [4.69, 9.17) is 4.74 Å². The highest BCUT2D eigenvalue weighted by atomic mass is 32.2. The molecule has 34 heavy (non-hydrogen) atoms. The number of nitrogens with one attached hydrogen (secondary N) is 1. The average Bonchev–Trinajstić information content (AvgIpc) is 3.53. The number of carbonyl (C=O) groups excluding carboxylic acids is 1. The first-order valence-electron chi connectivity index (χ1n) is 11.9. The molecule has 1 aliphatic rings. The van der Waals surface area contributed by atoms with E-state index in [1.54, 1.807) is 7.11 Å². The molecule has 0 bridgehead atoms. The lowest BCUT2D eigenvalue weighted by Gasteiger charge is -2.29. The van der Waals surface area contributed by atoms with Crippen molar-refractivity contribution in [2.24, 2.45) is 0 Å². The number of likely N-dealkylation sites (tertiary alicyclic amines) is 1. The Labute approximate surface area is 205 Å². The Hall–Kier alpha value is -2.84. The molecule has 0 radical (unpaired) electrons. The molecule has 8 heteroatoms. The Morgan fingerprint density at radius 1 is 1.15 bits per heavy atom. The van der Waals surface area contributed by atoms with Crippen LogP contribution in [0.5, 0.6) is 5.75 Å². The van der Waals surface area contributed by atoms with Crippen LogP contribution in [0.2, 0.25) is 0 Å². The fraction of sp³-hybridized carbons (Fsp3) is 0.423. The van der Waals surface area contributed by atoms with Gasteiger partial charge in [0.25, 0.3) is 0 Å². The van der Waals surface area contributed by atoms with E-state index >= 15 is 0 Å². The van der Waals surface area contributed by atoms with Gasteiger partial charge in [-0.05, 0) is 51.9 Å². The zero-order valence-corrected chi connectivity index (χ0v) is 21.0. The maximum atomic E-state index is 12.8. The van der Waals surface area contributed by atoms with Gasteiger partial charge in [0.1, 0.15) is 5.75 Å². The van der Waals surface area contributed by atoms with Crippen LogP contribution in [0.15, 0.2) is 53.7 Å². The van der Waals surface area contributed by atoms with Crippen LogP contribution in [0.25, 0.3) is 11.4 Å². The van der Waals surface area contributed by atoms with Gasteiger partial charge in [-0.1, -0.05) is 53.7 Å². The summed E-state index contributed by atoms with van der Waals surface area (Å²) in [6.07, 6.45) is 2.37. The predicted octanol–water partition coefficient (Wildman–Crippen LogP) is 4.33. The number of methoxy groups -OCH3 is 1. The van der Waals surface area contributed by atoms with Gasteiger partial charge in [0, 0.05) is 24.2 Å². The van der Waals surface area contributed by atoms with Gasteiger partial charge in [-0.3, -0.25) is 9.69 Å². The molecule has 1 atom stereocenters. The maximum Gasteiger partial charge on any atom is 0.230 e. The van der Waals surface area contributed by atoms with Crippen LogP contribution in [0.1, 0.15) is 36.9 Å². The molecule has 0 aliphatic carbocycles. The lowest BCUT2D eigenvalue weighted by molar-refractivity contribution is -0.118. The summed E-state index contributed by atoms with van der Waals surface area (Å²) in [5, 5.41) is 12.7. The van der Waals surface area contributed by atoms with E-state index in [0.29, 0.717) is 12.3 Å². The molecule has 1 amide bonds. The molecular formula is C26H33N5O2S. The first-order valence-corrected chi connectivity index (χ1v) is 12.9. The number of ether oxygens (including phenoxy) is 1. The van der Waals surface area contributed by atoms with Crippen LogP contribution in [0.3, 0.4) is 0 Å². The standard InChI is InChI=1S/C26H33N5O2S/c1-4-31-25(20-11-9-10-19(2)16-20)28-29-26(31)34-18-24(32)27-17-22(30-14-7-8-15-30)21-12-5-6-13-23(21)33-3/h5-6,9-13,16,22H,4,7-8,14-15,17-18H2,1-3H3,(H,27,32). The summed E-state index contributed by atoms with van der Waals surface area (Å²) in [7, 11) is 1.70. The smallest absolute Gasteiger partial charge is 0.230 e. The van der Waals surface area contributed by atoms with Crippen LogP contribution >= 0.6 is 11.8 Å². The predicted molar refractivity (Wildman–Crippen MR) is 136 cm³/mol. The lowest BCUT2D eigenvalue weighted by atomic mass is 10.0. The van der Waals surface area contributed by atoms with Crippen LogP contribution in [0, 0.1) is 6.92 Å². The monoisotopic (exact) mass is 479 g/mol. The second-order valence-electron chi connectivity index (χ2n) is 8.51. The number of benzene rings is 2. The van der Waals surface area contributed by atoms with E-state index in [1.165, 1.54) is 30.2 Å². The molecule has 1 aromatic heterocycles. The number of hydrogen-bond acceptors (Lipinski definition) is 6. The molecule has 180 valence electrons. The topological polar surface area (TPSA) is 72.3 Å². The summed E-state index contributed by atoms with van der Waals surface area (Å²) in [6.45, 7) is 7.50. The molecule has 3 aromatic rings. The van der Waals surface area contributed by atoms with E-state index in [1.807, 2.05) is 30.3 Å². The van der Waals surface area contributed by atoms with Crippen molar-refractivity contribution >= 4 is 17.7 Å². The van der Waals surface area contributed by atoms with Crippen molar-refractivity contribution in [1.82, 2.24) is 25.0 Å². The number of aryl methyl sites for hydroxylation is 1. The van der Waals surface area contributed by atoms with Crippen molar-refractivity contribution < 1.29 is 9.53 Å². The largest absolute Gasteiger partial charge is 0.496 e. The molecule has 1 saturated heterocycles. The Morgan fingerprint density at radius 2 is 1.94 bits per heavy atom. The van der Waals surface area contributed by atoms with Gasteiger partial charge in [0.05, 0.1) is 18.9 Å². The number of amides is 1. The van der Waals surface area contributed by atoms with E-state index in [9.17, 15) is 4.79 Å². The van der Waals surface area contributed by atoms with Crippen molar-refractivity contribution in [3.05, 3.63) is 59.7 Å². The van der Waals surface area contributed by atoms with E-state index in [-0.39, 0.29) is 11.9 Å². The Kier molecular flexibility index (Phi) is 8.24. The van der Waals surface area contributed by atoms with Crippen LogP contribution in [-0.2, 0) is 11.3 Å². The highest BCUT2D eigenvalue weighted by molar-refractivity contribution is 7.99. The SMILES string of the molecule is CCn1c(SCC(=O)NCC(c2ccccc2OC)N2CCCC2)nnc1-c1cccc(C)c1. The number of aromatic nitrogens is 3. The molecule has 0 spiro atoms. The van der Waals surface area contributed by atoms with Crippen molar-refractivity contribution in [2.45, 2.75) is 44.4 Å². The minimum atomic E-state index is -0.00754. The molecular weight excluding hydrogens is 446 g/mol. The third-order valence-electron chi connectivity index (χ3n) is 6.21. The van der Waals surface area contributed by atoms with Gasteiger partial charge in [-0.2, -0.15) is 0 Å². The minimum absolute atomic E-state index is 0.00754. The van der Waals surface area contributed by atoms with Crippen molar-refractivity contribution in [2.75, 3.05) is 32.5 Å². The van der Waals surface area contributed by atoms with Crippen molar-refractivity contribution in [3.63, 3.8) is 0 Å². The number of carbonyl (C=O) groups is 1. The quantitative estimate of drug-likeness (QED) is 0.437. The van der Waals surface area contributed by atoms with Gasteiger partial charge in [0.2, 0.25) is 5.91 Å². The minimum Gasteiger partial charge on any atom is -0.496 e. The number of rotatable bonds is 10. The van der Waals surface area contributed by atoms with Gasteiger partial charge in [0.15, 0.2) is 11.0 Å². The fourth-order valence-corrected chi connectivity index (χ4v) is 5.33. The summed E-state index contributed by atoms with van der Waals surface area (Å²) in [5.74, 6) is 1.99. The molecule has 4 rings (SSSR count). The summed E-state index contributed by atoms with van der Waals surface area (Å²) in [5.41, 5.74) is 3.34. The van der Waals surface area contributed by atoms with Crippen LogP contribution < -0.4 is 10.1 Å². The Morgan fingerprint density at radius 3 is 2.68 bits per heavy atom. The van der Waals surface area contributed by atoms with Crippen molar-refractivity contribution in [3.8, 4) is 17.1 Å². The first kappa shape index (κ1) is 24.3. The number of hydrogen-bond donors (Lipinski definition) is 1. The molecule has 2 aromatic carbocycles. The van der Waals surface area contributed by atoms with Crippen molar-refractivity contribution in [1.29, 1.82) is 0 Å². The maximum absolute atomic E-state index is 12.8. The summed E-state index contributed by atoms with van der Waals surface area (Å²) >= 11 is 1.43. The summed E-state index contributed by atoms with van der Waals surface area (Å²) in [4.78, 5) is 15.2. The van der Waals surface area contributed by atoms with E-state index in [2.05, 4.69) is 57.0 Å². The van der Waals surface area contributed by atoms with Crippen LogP contribution in [-0.4, -0.2) is 58.1 Å². The molecule has 1 aliphatic heterocycles. The second-order valence-corrected chi connectivity index (χ2v) is 9.46. The molecule has 7 nitrogen and oxygen atoms in total. The van der Waals surface area contributed by atoms with E-state index < -0.39 is 0 Å². The molecule has 0 saturated carbocycles. The zero-order valence-electron chi connectivity index (χ0n) is 20.2. The Balaban J connectivity index is 1.40. The van der Waals surface area contributed by atoms with Gasteiger partial charge in [-0.15, -0.1) is 10.2 Å². The van der Waals surface area contributed by atoms with E-state index in [0.717, 1.165) is 47.5 Å². The number of para-hydroxylation sites is 1. The number of nitrogens with zero attached hydrogens (tertiary/aromatic N) is 4. The van der Waals surface area contributed by atoms with Gasteiger partial charge >= 0.3 is 0 Å². The molecule has 2 heterocycles. The lowest BCUT2D eigenvalue weighted by Crippen LogP contribution is -2.37. The molecule has 1 fully saturated rings. The van der Waals surface area contributed by atoms with Gasteiger partial charge < -0.3 is 14.6 Å². The average molecular weight is 480 g/mol. The highest BCUT2D eigenvalue weighted by Gasteiger charge is 2.26. The summed E-state index contributed by atoms with van der Waals surface area (Å²) in [6, 6.07) is 16.4. The Bertz CT molecular complexity index is 1110. The highest BCUT2D eigenvalue weighted by Crippen LogP contribution is 2.31. The van der Waals surface area contributed by atoms with Crippen LogP contribution in [0.4, 0.5) is 0 Å². The normalized spacial score (nSPS) is 14.8. The number of thioether (sulfide) groups is 1.